The fourth-order valence-corrected chi connectivity index (χ4v) is 2.04. The molecule has 0 saturated heterocycles. The molecule has 0 radical (unpaired) electrons. The Hall–Kier alpha value is -1.67. The summed E-state index contributed by atoms with van der Waals surface area (Å²) in [5.41, 5.74) is 0.816. The van der Waals surface area contributed by atoms with E-state index < -0.39 is 0 Å². The van der Waals surface area contributed by atoms with Crippen LogP contribution in [0.4, 0.5) is 0 Å². The standard InChI is InChI=1S/C17H21NO/c1-13(2)18(3)11-10-17(19)16-9-8-14-6-4-5-7-15(14)12-16/h4-9,12-13H,10-11H2,1-3H3. The molecule has 0 unspecified atom stereocenters. The highest BCUT2D eigenvalue weighted by atomic mass is 16.1. The van der Waals surface area contributed by atoms with Crippen LogP contribution in [-0.4, -0.2) is 30.3 Å². The molecule has 2 aromatic carbocycles. The van der Waals surface area contributed by atoms with Crippen molar-refractivity contribution in [1.82, 2.24) is 4.90 Å². The summed E-state index contributed by atoms with van der Waals surface area (Å²) in [7, 11) is 2.05. The molecule has 2 heteroatoms. The quantitative estimate of drug-likeness (QED) is 0.758. The van der Waals surface area contributed by atoms with Crippen LogP contribution < -0.4 is 0 Å². The van der Waals surface area contributed by atoms with Gasteiger partial charge in [-0.05, 0) is 37.7 Å². The second kappa shape index (κ2) is 5.98. The fraction of sp³-hybridized carbons (Fsp3) is 0.353. The molecule has 2 aromatic rings. The summed E-state index contributed by atoms with van der Waals surface area (Å²) in [6, 6.07) is 14.6. The second-order valence-electron chi connectivity index (χ2n) is 5.31. The maximum absolute atomic E-state index is 12.2. The first-order valence-electron chi connectivity index (χ1n) is 6.80. The van der Waals surface area contributed by atoms with E-state index in [1.165, 1.54) is 5.39 Å². The van der Waals surface area contributed by atoms with E-state index in [9.17, 15) is 4.79 Å². The smallest absolute Gasteiger partial charge is 0.164 e. The van der Waals surface area contributed by atoms with E-state index in [0.29, 0.717) is 12.5 Å². The van der Waals surface area contributed by atoms with Gasteiger partial charge in [0.15, 0.2) is 5.78 Å². The number of Topliss-reactive ketones (excluding diaryl/α,β-unsaturated/α-hetero) is 1. The first-order chi connectivity index (χ1) is 9.08. The van der Waals surface area contributed by atoms with Gasteiger partial charge in [-0.25, -0.2) is 0 Å². The highest BCUT2D eigenvalue weighted by molar-refractivity contribution is 6.00. The molecule has 0 spiro atoms. The SMILES string of the molecule is CC(C)N(C)CCC(=O)c1ccc2ccccc2c1. The van der Waals surface area contributed by atoms with Crippen LogP contribution in [0.3, 0.4) is 0 Å². The molecular weight excluding hydrogens is 234 g/mol. The van der Waals surface area contributed by atoms with Gasteiger partial charge in [0.25, 0.3) is 0 Å². The van der Waals surface area contributed by atoms with Crippen LogP contribution in [0, 0.1) is 0 Å². The largest absolute Gasteiger partial charge is 0.304 e. The number of rotatable bonds is 5. The third kappa shape index (κ3) is 3.42. The summed E-state index contributed by atoms with van der Waals surface area (Å²) in [6.07, 6.45) is 0.576. The van der Waals surface area contributed by atoms with Crippen molar-refractivity contribution in [2.45, 2.75) is 26.3 Å². The van der Waals surface area contributed by atoms with Crippen LogP contribution in [-0.2, 0) is 0 Å². The molecular formula is C17H21NO. The van der Waals surface area contributed by atoms with Crippen molar-refractivity contribution in [2.75, 3.05) is 13.6 Å². The Kier molecular flexibility index (Phi) is 4.33. The average molecular weight is 255 g/mol. The third-order valence-corrected chi connectivity index (χ3v) is 3.64. The van der Waals surface area contributed by atoms with Crippen LogP contribution in [0.2, 0.25) is 0 Å². The van der Waals surface area contributed by atoms with Crippen molar-refractivity contribution in [3.05, 3.63) is 48.0 Å². The van der Waals surface area contributed by atoms with E-state index in [0.717, 1.165) is 17.5 Å². The van der Waals surface area contributed by atoms with Gasteiger partial charge in [-0.15, -0.1) is 0 Å². The van der Waals surface area contributed by atoms with Crippen LogP contribution in [0.5, 0.6) is 0 Å². The molecule has 0 heterocycles. The normalized spacial score (nSPS) is 11.4. The molecule has 0 fully saturated rings. The summed E-state index contributed by atoms with van der Waals surface area (Å²) in [6.45, 7) is 5.09. The molecule has 0 N–H and O–H groups in total. The summed E-state index contributed by atoms with van der Waals surface area (Å²) < 4.78 is 0. The minimum absolute atomic E-state index is 0.221. The predicted octanol–water partition coefficient (Wildman–Crippen LogP) is 3.75. The lowest BCUT2D eigenvalue weighted by atomic mass is 10.0. The first kappa shape index (κ1) is 13.8. The maximum Gasteiger partial charge on any atom is 0.164 e. The van der Waals surface area contributed by atoms with Gasteiger partial charge in [-0.1, -0.05) is 36.4 Å². The lowest BCUT2D eigenvalue weighted by molar-refractivity contribution is 0.0964. The van der Waals surface area contributed by atoms with Crippen molar-refractivity contribution in [1.29, 1.82) is 0 Å². The number of hydrogen-bond donors (Lipinski definition) is 0. The topological polar surface area (TPSA) is 20.3 Å². The zero-order chi connectivity index (χ0) is 13.8. The van der Waals surface area contributed by atoms with E-state index in [2.05, 4.69) is 31.9 Å². The van der Waals surface area contributed by atoms with Crippen molar-refractivity contribution >= 4 is 16.6 Å². The molecule has 2 nitrogen and oxygen atoms in total. The van der Waals surface area contributed by atoms with Gasteiger partial charge in [0.1, 0.15) is 0 Å². The number of benzene rings is 2. The molecule has 0 aliphatic rings. The van der Waals surface area contributed by atoms with Gasteiger partial charge in [-0.2, -0.15) is 0 Å². The van der Waals surface area contributed by atoms with Crippen LogP contribution >= 0.6 is 0 Å². The molecule has 0 aliphatic carbocycles. The number of nitrogens with zero attached hydrogens (tertiary/aromatic N) is 1. The summed E-state index contributed by atoms with van der Waals surface area (Å²) in [5, 5.41) is 2.31. The molecule has 0 bridgehead atoms. The van der Waals surface area contributed by atoms with Crippen molar-refractivity contribution in [2.24, 2.45) is 0 Å². The van der Waals surface area contributed by atoms with Gasteiger partial charge in [0.05, 0.1) is 0 Å². The Balaban J connectivity index is 2.09. The lowest BCUT2D eigenvalue weighted by Crippen LogP contribution is -2.28. The van der Waals surface area contributed by atoms with E-state index in [-0.39, 0.29) is 5.78 Å². The number of ketones is 1. The Morgan fingerprint density at radius 3 is 2.47 bits per heavy atom. The highest BCUT2D eigenvalue weighted by Gasteiger charge is 2.09. The van der Waals surface area contributed by atoms with Crippen LogP contribution in [0.25, 0.3) is 10.8 Å². The molecule has 0 atom stereocenters. The van der Waals surface area contributed by atoms with Crippen LogP contribution in [0.15, 0.2) is 42.5 Å². The molecule has 0 aromatic heterocycles. The summed E-state index contributed by atoms with van der Waals surface area (Å²) in [4.78, 5) is 14.4. The average Bonchev–Trinajstić information content (AvgIpc) is 2.43. The lowest BCUT2D eigenvalue weighted by Gasteiger charge is -2.20. The van der Waals surface area contributed by atoms with E-state index in [1.807, 2.05) is 36.4 Å². The molecule has 0 saturated carbocycles. The highest BCUT2D eigenvalue weighted by Crippen LogP contribution is 2.16. The predicted molar refractivity (Wildman–Crippen MR) is 80.7 cm³/mol. The Morgan fingerprint density at radius 2 is 1.79 bits per heavy atom. The monoisotopic (exact) mass is 255 g/mol. The number of carbonyl (C=O) groups is 1. The molecule has 19 heavy (non-hydrogen) atoms. The molecule has 0 amide bonds. The molecule has 2 rings (SSSR count). The van der Waals surface area contributed by atoms with E-state index >= 15 is 0 Å². The van der Waals surface area contributed by atoms with Crippen molar-refractivity contribution in [3.63, 3.8) is 0 Å². The van der Waals surface area contributed by atoms with E-state index in [4.69, 9.17) is 0 Å². The zero-order valence-electron chi connectivity index (χ0n) is 11.9. The summed E-state index contributed by atoms with van der Waals surface area (Å²) in [5.74, 6) is 0.221. The first-order valence-corrected chi connectivity index (χ1v) is 6.80. The number of hydrogen-bond acceptors (Lipinski definition) is 2. The van der Waals surface area contributed by atoms with E-state index in [1.54, 1.807) is 0 Å². The minimum atomic E-state index is 0.221. The number of carbonyl (C=O) groups excluding carboxylic acids is 1. The van der Waals surface area contributed by atoms with Crippen LogP contribution in [0.1, 0.15) is 30.6 Å². The second-order valence-corrected chi connectivity index (χ2v) is 5.31. The Morgan fingerprint density at radius 1 is 1.11 bits per heavy atom. The fourth-order valence-electron chi connectivity index (χ4n) is 2.04. The number of fused-ring (bicyclic) bond motifs is 1. The zero-order valence-corrected chi connectivity index (χ0v) is 11.9. The van der Waals surface area contributed by atoms with Gasteiger partial charge >= 0.3 is 0 Å². The van der Waals surface area contributed by atoms with Gasteiger partial charge in [0.2, 0.25) is 0 Å². The Labute approximate surface area is 115 Å². The third-order valence-electron chi connectivity index (χ3n) is 3.64. The van der Waals surface area contributed by atoms with Crippen molar-refractivity contribution in [3.8, 4) is 0 Å². The van der Waals surface area contributed by atoms with Gasteiger partial charge in [0, 0.05) is 24.6 Å². The van der Waals surface area contributed by atoms with Gasteiger partial charge < -0.3 is 4.90 Å². The minimum Gasteiger partial charge on any atom is -0.304 e. The Bertz CT molecular complexity index is 574. The molecule has 100 valence electrons. The van der Waals surface area contributed by atoms with Gasteiger partial charge in [-0.3, -0.25) is 4.79 Å². The molecule has 0 aliphatic heterocycles. The summed E-state index contributed by atoms with van der Waals surface area (Å²) >= 11 is 0. The van der Waals surface area contributed by atoms with Crippen molar-refractivity contribution < 1.29 is 4.79 Å². The maximum atomic E-state index is 12.2.